The summed E-state index contributed by atoms with van der Waals surface area (Å²) < 4.78 is 4.65. The minimum absolute atomic E-state index is 0.395. The van der Waals surface area contributed by atoms with Crippen LogP contribution >= 0.6 is 0 Å². The molecule has 7 aromatic carbocycles. The maximum absolute atomic E-state index is 5.34. The fourth-order valence-electron chi connectivity index (χ4n) is 8.66. The molecule has 0 aliphatic heterocycles. The first-order valence-electron chi connectivity index (χ1n) is 19.7. The lowest BCUT2D eigenvalue weighted by molar-refractivity contribution is 0.788. The van der Waals surface area contributed by atoms with Crippen molar-refractivity contribution in [2.45, 2.75) is 13.3 Å². The van der Waals surface area contributed by atoms with Gasteiger partial charge in [-0.15, -0.1) is 0 Å². The maximum atomic E-state index is 5.34. The van der Waals surface area contributed by atoms with E-state index < -0.39 is 0 Å². The Morgan fingerprint density at radius 2 is 0.947 bits per heavy atom. The SMILES string of the molecule is CC1C=c2c(c3cc(-c4ccc5c(c4)c4ccccc4n5-c4ccccc4)ccc3n2-c2nc(-c3ccccc3)cc(-c3ccc(-c4ccccc4)cc3)n2)=CC1. The van der Waals surface area contributed by atoms with Crippen LogP contribution in [0.4, 0.5) is 0 Å². The first-order valence-corrected chi connectivity index (χ1v) is 19.7. The molecule has 0 saturated carbocycles. The topological polar surface area (TPSA) is 35.6 Å². The quantitative estimate of drug-likeness (QED) is 0.171. The van der Waals surface area contributed by atoms with Gasteiger partial charge in [-0.3, -0.25) is 4.57 Å². The monoisotopic (exact) mass is 730 g/mol. The summed E-state index contributed by atoms with van der Waals surface area (Å²) >= 11 is 0. The van der Waals surface area contributed by atoms with E-state index in [4.69, 9.17) is 9.97 Å². The van der Waals surface area contributed by atoms with E-state index in [-0.39, 0.29) is 0 Å². The second-order valence-corrected chi connectivity index (χ2v) is 15.1. The molecular formula is C53H38N4. The molecule has 4 nitrogen and oxygen atoms in total. The Hall–Kier alpha value is -7.30. The van der Waals surface area contributed by atoms with E-state index in [0.717, 1.165) is 45.5 Å². The molecule has 3 aromatic heterocycles. The highest BCUT2D eigenvalue weighted by atomic mass is 15.2. The van der Waals surface area contributed by atoms with Crippen molar-refractivity contribution in [2.24, 2.45) is 5.92 Å². The van der Waals surface area contributed by atoms with Gasteiger partial charge in [-0.05, 0) is 83.1 Å². The molecule has 57 heavy (non-hydrogen) atoms. The van der Waals surface area contributed by atoms with Crippen LogP contribution in [0.3, 0.4) is 0 Å². The summed E-state index contributed by atoms with van der Waals surface area (Å²) in [6.45, 7) is 2.29. The zero-order chi connectivity index (χ0) is 37.9. The third-order valence-corrected chi connectivity index (χ3v) is 11.5. The summed E-state index contributed by atoms with van der Waals surface area (Å²) in [4.78, 5) is 10.7. The van der Waals surface area contributed by atoms with E-state index in [1.165, 1.54) is 54.7 Å². The summed E-state index contributed by atoms with van der Waals surface area (Å²) in [5, 5.41) is 6.10. The summed E-state index contributed by atoms with van der Waals surface area (Å²) in [7, 11) is 0. The van der Waals surface area contributed by atoms with E-state index in [1.807, 2.05) is 6.07 Å². The van der Waals surface area contributed by atoms with Gasteiger partial charge in [0.2, 0.25) is 5.95 Å². The number of para-hydroxylation sites is 2. The lowest BCUT2D eigenvalue weighted by Crippen LogP contribution is -2.32. The van der Waals surface area contributed by atoms with Crippen LogP contribution in [0.25, 0.3) is 101 Å². The molecule has 0 radical (unpaired) electrons. The van der Waals surface area contributed by atoms with Crippen molar-refractivity contribution in [3.8, 4) is 56.4 Å². The number of aromatic nitrogens is 4. The number of hydrogen-bond donors (Lipinski definition) is 0. The second kappa shape index (κ2) is 13.5. The molecule has 1 atom stereocenters. The summed E-state index contributed by atoms with van der Waals surface area (Å²) in [6.07, 6.45) is 5.79. The summed E-state index contributed by atoms with van der Waals surface area (Å²) in [5.41, 5.74) is 13.3. The number of rotatable bonds is 6. The van der Waals surface area contributed by atoms with Gasteiger partial charge in [0.1, 0.15) is 0 Å². The molecule has 1 aliphatic carbocycles. The van der Waals surface area contributed by atoms with Crippen LogP contribution in [0.2, 0.25) is 0 Å². The highest BCUT2D eigenvalue weighted by Crippen LogP contribution is 2.36. The van der Waals surface area contributed by atoms with Crippen molar-refractivity contribution in [3.05, 3.63) is 193 Å². The Labute approximate surface area is 331 Å². The fourth-order valence-corrected chi connectivity index (χ4v) is 8.66. The van der Waals surface area contributed by atoms with Gasteiger partial charge in [0.15, 0.2) is 0 Å². The van der Waals surface area contributed by atoms with Crippen LogP contribution in [0, 0.1) is 5.92 Å². The Morgan fingerprint density at radius 1 is 0.439 bits per heavy atom. The molecule has 0 spiro atoms. The van der Waals surface area contributed by atoms with Crippen molar-refractivity contribution in [2.75, 3.05) is 0 Å². The normalized spacial score (nSPS) is 13.7. The van der Waals surface area contributed by atoms with E-state index in [2.05, 4.69) is 204 Å². The molecule has 1 aliphatic rings. The first-order chi connectivity index (χ1) is 28.2. The van der Waals surface area contributed by atoms with Crippen LogP contribution in [0.5, 0.6) is 0 Å². The van der Waals surface area contributed by atoms with Gasteiger partial charge >= 0.3 is 0 Å². The lowest BCUT2D eigenvalue weighted by atomic mass is 9.99. The van der Waals surface area contributed by atoms with Gasteiger partial charge in [0.25, 0.3) is 0 Å². The van der Waals surface area contributed by atoms with Crippen molar-refractivity contribution < 1.29 is 0 Å². The fraction of sp³-hybridized carbons (Fsp3) is 0.0566. The predicted octanol–water partition coefficient (Wildman–Crippen LogP) is 11.8. The average molecular weight is 731 g/mol. The highest BCUT2D eigenvalue weighted by molar-refractivity contribution is 6.10. The average Bonchev–Trinajstić information content (AvgIpc) is 3.78. The molecule has 4 heteroatoms. The van der Waals surface area contributed by atoms with Gasteiger partial charge in [-0.2, -0.15) is 0 Å². The van der Waals surface area contributed by atoms with Crippen molar-refractivity contribution >= 4 is 44.9 Å². The molecule has 11 rings (SSSR count). The molecule has 0 saturated heterocycles. The van der Waals surface area contributed by atoms with E-state index >= 15 is 0 Å². The van der Waals surface area contributed by atoms with E-state index in [1.54, 1.807) is 0 Å². The van der Waals surface area contributed by atoms with E-state index in [0.29, 0.717) is 11.9 Å². The van der Waals surface area contributed by atoms with Gasteiger partial charge < -0.3 is 4.57 Å². The summed E-state index contributed by atoms with van der Waals surface area (Å²) in [6, 6.07) is 65.0. The molecule has 1 unspecified atom stereocenters. The van der Waals surface area contributed by atoms with Gasteiger partial charge in [-0.25, -0.2) is 9.97 Å². The molecule has 270 valence electrons. The van der Waals surface area contributed by atoms with Crippen molar-refractivity contribution in [1.29, 1.82) is 0 Å². The predicted molar refractivity (Wildman–Crippen MR) is 237 cm³/mol. The minimum atomic E-state index is 0.395. The lowest BCUT2D eigenvalue weighted by Gasteiger charge is -2.13. The van der Waals surface area contributed by atoms with E-state index in [9.17, 15) is 0 Å². The zero-order valence-electron chi connectivity index (χ0n) is 31.5. The van der Waals surface area contributed by atoms with Crippen LogP contribution in [-0.2, 0) is 0 Å². The molecule has 0 bridgehead atoms. The first kappa shape index (κ1) is 33.1. The van der Waals surface area contributed by atoms with Crippen LogP contribution in [0.15, 0.2) is 182 Å². The van der Waals surface area contributed by atoms with Crippen molar-refractivity contribution in [3.63, 3.8) is 0 Å². The van der Waals surface area contributed by atoms with Gasteiger partial charge in [0, 0.05) is 38.2 Å². The minimum Gasteiger partial charge on any atom is -0.309 e. The van der Waals surface area contributed by atoms with Gasteiger partial charge in [0.05, 0.1) is 33.3 Å². The second-order valence-electron chi connectivity index (χ2n) is 15.1. The molecule has 0 amide bonds. The number of hydrogen-bond acceptors (Lipinski definition) is 2. The molecule has 10 aromatic rings. The number of benzene rings is 7. The Morgan fingerprint density at radius 3 is 1.65 bits per heavy atom. The third-order valence-electron chi connectivity index (χ3n) is 11.5. The van der Waals surface area contributed by atoms with Crippen molar-refractivity contribution in [1.82, 2.24) is 19.1 Å². The smallest absolute Gasteiger partial charge is 0.235 e. The number of nitrogens with zero attached hydrogens (tertiary/aromatic N) is 4. The number of fused-ring (bicyclic) bond motifs is 6. The molecule has 0 N–H and O–H groups in total. The maximum Gasteiger partial charge on any atom is 0.235 e. The molecule has 3 heterocycles. The Balaban J connectivity index is 1.08. The Bertz CT molecular complexity index is 3250. The van der Waals surface area contributed by atoms with Crippen LogP contribution in [0.1, 0.15) is 13.3 Å². The third kappa shape index (κ3) is 5.68. The Kier molecular flexibility index (Phi) is 7.82. The van der Waals surface area contributed by atoms with Crippen LogP contribution < -0.4 is 10.6 Å². The summed E-state index contributed by atoms with van der Waals surface area (Å²) in [5.74, 6) is 1.07. The van der Waals surface area contributed by atoms with Crippen LogP contribution in [-0.4, -0.2) is 19.1 Å². The standard InChI is InChI=1S/C53H38N4/c1-35-21-28-44-46-33-41(40-26-29-50-45(32-40)43-19-11-12-20-49(43)56(50)42-17-9-4-10-18-42)27-30-51(46)57(52(44)31-35)53-54-47(38-15-7-3-8-16-38)34-48(55-53)39-24-22-37(23-25-39)36-13-5-2-6-14-36/h2-20,22-35H,21H2,1H3. The zero-order valence-corrected chi connectivity index (χ0v) is 31.5. The van der Waals surface area contributed by atoms with Gasteiger partial charge in [-0.1, -0.05) is 153 Å². The largest absolute Gasteiger partial charge is 0.309 e. The highest BCUT2D eigenvalue weighted by Gasteiger charge is 2.19. The molecular weight excluding hydrogens is 693 g/mol. The molecule has 0 fully saturated rings.